The van der Waals surface area contributed by atoms with E-state index in [1.165, 1.54) is 35.6 Å². The molecule has 32 heavy (non-hydrogen) atoms. The molecule has 2 aliphatic rings. The normalized spacial score (nSPS) is 22.3. The molecule has 0 bridgehead atoms. The third-order valence-electron chi connectivity index (χ3n) is 6.52. The van der Waals surface area contributed by atoms with Crippen LogP contribution in [0.15, 0.2) is 28.8 Å². The van der Waals surface area contributed by atoms with Gasteiger partial charge in [0.25, 0.3) is 5.91 Å². The summed E-state index contributed by atoms with van der Waals surface area (Å²) in [6.45, 7) is 4.28. The zero-order chi connectivity index (χ0) is 22.8. The SMILES string of the molecule is CC(C)CC1C(=O)NC(C2CCCCC2)CN1C(=O)c1noc(-c2ccc(F)cc2)c1F. The van der Waals surface area contributed by atoms with E-state index in [0.717, 1.165) is 25.7 Å². The maximum Gasteiger partial charge on any atom is 0.279 e. The summed E-state index contributed by atoms with van der Waals surface area (Å²) in [4.78, 5) is 27.9. The number of hydrogen-bond acceptors (Lipinski definition) is 4. The van der Waals surface area contributed by atoms with Gasteiger partial charge < -0.3 is 14.7 Å². The molecule has 2 heterocycles. The molecule has 1 aromatic heterocycles. The fourth-order valence-corrected chi connectivity index (χ4v) is 4.84. The largest absolute Gasteiger partial charge is 0.352 e. The number of nitrogens with one attached hydrogen (secondary N) is 1. The molecular weight excluding hydrogens is 416 g/mol. The van der Waals surface area contributed by atoms with Crippen molar-refractivity contribution in [3.63, 3.8) is 0 Å². The van der Waals surface area contributed by atoms with Gasteiger partial charge in [-0.3, -0.25) is 9.59 Å². The van der Waals surface area contributed by atoms with Gasteiger partial charge in [0.15, 0.2) is 0 Å². The van der Waals surface area contributed by atoms with E-state index in [9.17, 15) is 14.0 Å². The Hall–Kier alpha value is -2.77. The summed E-state index contributed by atoms with van der Waals surface area (Å²) in [5.41, 5.74) is -0.166. The van der Waals surface area contributed by atoms with E-state index in [1.54, 1.807) is 0 Å². The van der Waals surface area contributed by atoms with Crippen LogP contribution in [0.3, 0.4) is 0 Å². The molecule has 2 aromatic rings. The van der Waals surface area contributed by atoms with Gasteiger partial charge in [0.05, 0.1) is 0 Å². The predicted molar refractivity (Wildman–Crippen MR) is 115 cm³/mol. The van der Waals surface area contributed by atoms with Crippen LogP contribution in [0.2, 0.25) is 0 Å². The molecule has 2 fully saturated rings. The molecule has 4 rings (SSSR count). The highest BCUT2D eigenvalue weighted by atomic mass is 19.1. The van der Waals surface area contributed by atoms with Crippen molar-refractivity contribution < 1.29 is 22.9 Å². The monoisotopic (exact) mass is 445 g/mol. The van der Waals surface area contributed by atoms with Crippen molar-refractivity contribution >= 4 is 11.8 Å². The van der Waals surface area contributed by atoms with E-state index in [4.69, 9.17) is 4.52 Å². The minimum Gasteiger partial charge on any atom is -0.352 e. The Morgan fingerprint density at radius 2 is 1.88 bits per heavy atom. The molecule has 1 N–H and O–H groups in total. The molecular formula is C24H29F2N3O3. The summed E-state index contributed by atoms with van der Waals surface area (Å²) < 4.78 is 33.5. The predicted octanol–water partition coefficient (Wildman–Crippen LogP) is 4.56. The van der Waals surface area contributed by atoms with E-state index in [2.05, 4.69) is 10.5 Å². The van der Waals surface area contributed by atoms with E-state index < -0.39 is 29.3 Å². The molecule has 2 unspecified atom stereocenters. The summed E-state index contributed by atoms with van der Waals surface area (Å²) in [6, 6.07) is 4.25. The average Bonchev–Trinajstić information content (AvgIpc) is 3.16. The number of rotatable bonds is 5. The summed E-state index contributed by atoms with van der Waals surface area (Å²) in [6.07, 6.45) is 5.90. The van der Waals surface area contributed by atoms with Gasteiger partial charge in [-0.2, -0.15) is 4.39 Å². The molecule has 172 valence electrons. The van der Waals surface area contributed by atoms with Gasteiger partial charge in [-0.05, 0) is 55.4 Å². The molecule has 2 atom stereocenters. The van der Waals surface area contributed by atoms with Crippen LogP contribution >= 0.6 is 0 Å². The highest BCUT2D eigenvalue weighted by molar-refractivity contribution is 5.97. The van der Waals surface area contributed by atoms with Crippen LogP contribution in [0, 0.1) is 23.5 Å². The van der Waals surface area contributed by atoms with Gasteiger partial charge in [0, 0.05) is 18.2 Å². The van der Waals surface area contributed by atoms with Crippen LogP contribution in [-0.2, 0) is 4.79 Å². The minimum absolute atomic E-state index is 0.151. The molecule has 8 heteroatoms. The summed E-state index contributed by atoms with van der Waals surface area (Å²) in [5, 5.41) is 6.82. The van der Waals surface area contributed by atoms with E-state index in [0.29, 0.717) is 18.9 Å². The molecule has 0 radical (unpaired) electrons. The van der Waals surface area contributed by atoms with E-state index >= 15 is 4.39 Å². The Balaban J connectivity index is 1.62. The molecule has 1 aromatic carbocycles. The Morgan fingerprint density at radius 3 is 2.53 bits per heavy atom. The van der Waals surface area contributed by atoms with Crippen LogP contribution in [0.5, 0.6) is 0 Å². The number of amides is 2. The number of aromatic nitrogens is 1. The third-order valence-corrected chi connectivity index (χ3v) is 6.52. The highest BCUT2D eigenvalue weighted by Gasteiger charge is 2.42. The Bertz CT molecular complexity index is 967. The maximum atomic E-state index is 15.2. The lowest BCUT2D eigenvalue weighted by Gasteiger charge is -2.43. The van der Waals surface area contributed by atoms with E-state index in [-0.39, 0.29) is 29.2 Å². The van der Waals surface area contributed by atoms with Crippen molar-refractivity contribution in [2.24, 2.45) is 11.8 Å². The van der Waals surface area contributed by atoms with Gasteiger partial charge in [-0.15, -0.1) is 0 Å². The van der Waals surface area contributed by atoms with Crippen LogP contribution in [0.4, 0.5) is 8.78 Å². The van der Waals surface area contributed by atoms with Crippen molar-refractivity contribution in [2.75, 3.05) is 6.54 Å². The second-order valence-corrected chi connectivity index (χ2v) is 9.30. The second kappa shape index (κ2) is 9.38. The summed E-state index contributed by atoms with van der Waals surface area (Å²) in [7, 11) is 0. The molecule has 2 amide bonds. The Kier molecular flexibility index (Phi) is 6.58. The van der Waals surface area contributed by atoms with Crippen LogP contribution in [-0.4, -0.2) is 40.5 Å². The number of hydrogen-bond donors (Lipinski definition) is 1. The number of nitrogens with zero attached hydrogens (tertiary/aromatic N) is 2. The van der Waals surface area contributed by atoms with Crippen molar-refractivity contribution in [3.05, 3.63) is 41.6 Å². The van der Waals surface area contributed by atoms with Gasteiger partial charge in [0.1, 0.15) is 11.9 Å². The van der Waals surface area contributed by atoms with Gasteiger partial charge >= 0.3 is 0 Å². The lowest BCUT2D eigenvalue weighted by Crippen LogP contribution is -2.63. The first-order valence-corrected chi connectivity index (χ1v) is 11.4. The first-order chi connectivity index (χ1) is 15.3. The quantitative estimate of drug-likeness (QED) is 0.732. The molecule has 6 nitrogen and oxygen atoms in total. The zero-order valence-corrected chi connectivity index (χ0v) is 18.4. The average molecular weight is 446 g/mol. The van der Waals surface area contributed by atoms with Crippen LogP contribution in [0.1, 0.15) is 62.9 Å². The van der Waals surface area contributed by atoms with Crippen molar-refractivity contribution in [1.82, 2.24) is 15.4 Å². The molecule has 1 saturated heterocycles. The first kappa shape index (κ1) is 22.4. The number of carbonyl (C=O) groups excluding carboxylic acids is 2. The second-order valence-electron chi connectivity index (χ2n) is 9.30. The lowest BCUT2D eigenvalue weighted by atomic mass is 9.82. The van der Waals surface area contributed by atoms with Crippen molar-refractivity contribution in [1.29, 1.82) is 0 Å². The number of carbonyl (C=O) groups is 2. The molecule has 1 aliphatic heterocycles. The van der Waals surface area contributed by atoms with Crippen LogP contribution in [0.25, 0.3) is 11.3 Å². The molecule has 1 aliphatic carbocycles. The Labute approximate surface area is 186 Å². The summed E-state index contributed by atoms with van der Waals surface area (Å²) >= 11 is 0. The van der Waals surface area contributed by atoms with E-state index in [1.807, 2.05) is 13.8 Å². The van der Waals surface area contributed by atoms with Gasteiger partial charge in [0.2, 0.25) is 23.2 Å². The maximum absolute atomic E-state index is 15.2. The van der Waals surface area contributed by atoms with Gasteiger partial charge in [-0.1, -0.05) is 38.3 Å². The Morgan fingerprint density at radius 1 is 1.19 bits per heavy atom. The topological polar surface area (TPSA) is 75.4 Å². The smallest absolute Gasteiger partial charge is 0.279 e. The number of piperazine rings is 1. The number of halogens is 2. The number of benzene rings is 1. The minimum atomic E-state index is -0.898. The third kappa shape index (κ3) is 4.54. The van der Waals surface area contributed by atoms with Crippen LogP contribution < -0.4 is 5.32 Å². The van der Waals surface area contributed by atoms with Crippen molar-refractivity contribution in [3.8, 4) is 11.3 Å². The molecule has 1 saturated carbocycles. The van der Waals surface area contributed by atoms with Gasteiger partial charge in [-0.25, -0.2) is 4.39 Å². The molecule has 0 spiro atoms. The highest BCUT2D eigenvalue weighted by Crippen LogP contribution is 2.31. The zero-order valence-electron chi connectivity index (χ0n) is 18.4. The lowest BCUT2D eigenvalue weighted by molar-refractivity contribution is -0.131. The fraction of sp³-hybridized carbons (Fsp3) is 0.542. The summed E-state index contributed by atoms with van der Waals surface area (Å²) in [5.74, 6) is -1.96. The standard InChI is InChI=1S/C24H29F2N3O3/c1-14(2)12-19-23(30)27-18(15-6-4-3-5-7-15)13-29(19)24(31)21-20(26)22(32-28-21)16-8-10-17(25)11-9-16/h8-11,14-15,18-19H,3-7,12-13H2,1-2H3,(H,27,30). The van der Waals surface area contributed by atoms with Crippen molar-refractivity contribution in [2.45, 2.75) is 64.5 Å². The first-order valence-electron chi connectivity index (χ1n) is 11.4. The fourth-order valence-electron chi connectivity index (χ4n) is 4.84.